The molecule has 2 fully saturated rings. The summed E-state index contributed by atoms with van der Waals surface area (Å²) in [5, 5.41) is 3.22. The zero-order valence-electron chi connectivity index (χ0n) is 16.0. The SMILES string of the molecule is Cc1cccc2nc(C(=O)N3CCC(NC(=O)C4CCCCC4)CC3)cn12. The van der Waals surface area contributed by atoms with E-state index in [1.807, 2.05) is 40.6 Å². The van der Waals surface area contributed by atoms with E-state index in [1.165, 1.54) is 19.3 Å². The van der Waals surface area contributed by atoms with Crippen LogP contribution >= 0.6 is 0 Å². The molecule has 1 saturated heterocycles. The van der Waals surface area contributed by atoms with Gasteiger partial charge in [0.15, 0.2) is 0 Å². The van der Waals surface area contributed by atoms with Crippen LogP contribution < -0.4 is 5.32 Å². The van der Waals surface area contributed by atoms with Crippen LogP contribution in [0.2, 0.25) is 0 Å². The number of imidazole rings is 1. The molecule has 27 heavy (non-hydrogen) atoms. The predicted molar refractivity (Wildman–Crippen MR) is 104 cm³/mol. The van der Waals surface area contributed by atoms with Crippen molar-refractivity contribution >= 4 is 17.5 Å². The van der Waals surface area contributed by atoms with Gasteiger partial charge in [0.2, 0.25) is 5.91 Å². The molecule has 6 heteroatoms. The van der Waals surface area contributed by atoms with E-state index in [1.54, 1.807) is 0 Å². The molecule has 6 nitrogen and oxygen atoms in total. The summed E-state index contributed by atoms with van der Waals surface area (Å²) in [6.45, 7) is 3.34. The number of nitrogens with one attached hydrogen (secondary N) is 1. The van der Waals surface area contributed by atoms with Crippen LogP contribution in [0, 0.1) is 12.8 Å². The lowest BCUT2D eigenvalue weighted by Crippen LogP contribution is -2.48. The molecule has 2 aromatic heterocycles. The number of rotatable bonds is 3. The third-order valence-corrected chi connectivity index (χ3v) is 6.02. The van der Waals surface area contributed by atoms with Gasteiger partial charge in [0, 0.05) is 36.9 Å². The summed E-state index contributed by atoms with van der Waals surface area (Å²) in [4.78, 5) is 31.6. The van der Waals surface area contributed by atoms with Crippen LogP contribution in [0.25, 0.3) is 5.65 Å². The summed E-state index contributed by atoms with van der Waals surface area (Å²) in [6, 6.07) is 6.05. The van der Waals surface area contributed by atoms with Crippen molar-refractivity contribution in [2.24, 2.45) is 5.92 Å². The molecule has 1 aliphatic carbocycles. The molecule has 1 N–H and O–H groups in total. The molecule has 1 aliphatic heterocycles. The lowest BCUT2D eigenvalue weighted by atomic mass is 9.88. The monoisotopic (exact) mass is 368 g/mol. The number of carbonyl (C=O) groups excluding carboxylic acids is 2. The first kappa shape index (κ1) is 18.0. The van der Waals surface area contributed by atoms with E-state index in [2.05, 4.69) is 10.3 Å². The van der Waals surface area contributed by atoms with E-state index in [0.717, 1.165) is 37.0 Å². The van der Waals surface area contributed by atoms with E-state index >= 15 is 0 Å². The van der Waals surface area contributed by atoms with Gasteiger partial charge in [-0.15, -0.1) is 0 Å². The largest absolute Gasteiger partial charge is 0.353 e. The average Bonchev–Trinajstić information content (AvgIpc) is 3.14. The van der Waals surface area contributed by atoms with Crippen molar-refractivity contribution in [2.45, 2.75) is 57.9 Å². The van der Waals surface area contributed by atoms with E-state index in [0.29, 0.717) is 18.8 Å². The Bertz CT molecular complexity index is 830. The number of pyridine rings is 1. The quantitative estimate of drug-likeness (QED) is 0.906. The molecule has 1 saturated carbocycles. The van der Waals surface area contributed by atoms with Gasteiger partial charge in [-0.2, -0.15) is 0 Å². The highest BCUT2D eigenvalue weighted by atomic mass is 16.2. The van der Waals surface area contributed by atoms with Crippen molar-refractivity contribution in [1.82, 2.24) is 19.6 Å². The van der Waals surface area contributed by atoms with Gasteiger partial charge >= 0.3 is 0 Å². The highest BCUT2D eigenvalue weighted by molar-refractivity contribution is 5.93. The molecule has 2 amide bonds. The third-order valence-electron chi connectivity index (χ3n) is 6.02. The predicted octanol–water partition coefficient (Wildman–Crippen LogP) is 2.94. The molecule has 2 aromatic rings. The summed E-state index contributed by atoms with van der Waals surface area (Å²) < 4.78 is 1.95. The highest BCUT2D eigenvalue weighted by Gasteiger charge is 2.28. The number of hydrogen-bond acceptors (Lipinski definition) is 3. The second-order valence-corrected chi connectivity index (χ2v) is 7.93. The molecular formula is C21H28N4O2. The molecule has 2 aliphatic rings. The fourth-order valence-electron chi connectivity index (χ4n) is 4.32. The van der Waals surface area contributed by atoms with Gasteiger partial charge in [-0.05, 0) is 44.7 Å². The number of likely N-dealkylation sites (tertiary alicyclic amines) is 1. The first-order chi connectivity index (χ1) is 13.1. The number of aryl methyl sites for hydroxylation is 1. The lowest BCUT2D eigenvalue weighted by molar-refractivity contribution is -0.126. The fourth-order valence-corrected chi connectivity index (χ4v) is 4.32. The third kappa shape index (κ3) is 3.84. The number of aromatic nitrogens is 2. The maximum atomic E-state index is 12.8. The van der Waals surface area contributed by atoms with Crippen molar-refractivity contribution in [3.63, 3.8) is 0 Å². The van der Waals surface area contributed by atoms with Crippen LogP contribution in [0.1, 0.15) is 61.1 Å². The second kappa shape index (κ2) is 7.71. The van der Waals surface area contributed by atoms with E-state index in [9.17, 15) is 9.59 Å². The minimum Gasteiger partial charge on any atom is -0.353 e. The summed E-state index contributed by atoms with van der Waals surface area (Å²) >= 11 is 0. The normalized spacial score (nSPS) is 19.4. The smallest absolute Gasteiger partial charge is 0.274 e. The van der Waals surface area contributed by atoms with Gasteiger partial charge < -0.3 is 14.6 Å². The van der Waals surface area contributed by atoms with Crippen LogP contribution in [-0.4, -0.2) is 45.2 Å². The Morgan fingerprint density at radius 3 is 2.52 bits per heavy atom. The summed E-state index contributed by atoms with van der Waals surface area (Å²) in [5.74, 6) is 0.394. The number of hydrogen-bond donors (Lipinski definition) is 1. The Hall–Kier alpha value is -2.37. The highest BCUT2D eigenvalue weighted by Crippen LogP contribution is 2.24. The Morgan fingerprint density at radius 2 is 1.81 bits per heavy atom. The topological polar surface area (TPSA) is 66.7 Å². The summed E-state index contributed by atoms with van der Waals surface area (Å²) in [7, 11) is 0. The Labute approximate surface area is 159 Å². The Kier molecular flexibility index (Phi) is 5.14. The maximum Gasteiger partial charge on any atom is 0.274 e. The molecule has 0 aromatic carbocycles. The van der Waals surface area contributed by atoms with Crippen LogP contribution in [0.4, 0.5) is 0 Å². The zero-order chi connectivity index (χ0) is 18.8. The second-order valence-electron chi connectivity index (χ2n) is 7.93. The number of carbonyl (C=O) groups is 2. The standard InChI is InChI=1S/C21H28N4O2/c1-15-6-5-9-19-23-18(14-25(15)19)21(27)24-12-10-17(11-13-24)22-20(26)16-7-3-2-4-8-16/h5-6,9,14,16-17H,2-4,7-8,10-13H2,1H3,(H,22,26). The van der Waals surface area contributed by atoms with Crippen molar-refractivity contribution in [3.05, 3.63) is 35.8 Å². The lowest BCUT2D eigenvalue weighted by Gasteiger charge is -2.33. The molecular weight excluding hydrogens is 340 g/mol. The average molecular weight is 368 g/mol. The van der Waals surface area contributed by atoms with Gasteiger partial charge in [0.1, 0.15) is 11.3 Å². The van der Waals surface area contributed by atoms with Crippen molar-refractivity contribution < 1.29 is 9.59 Å². The van der Waals surface area contributed by atoms with Crippen LogP contribution in [0.15, 0.2) is 24.4 Å². The van der Waals surface area contributed by atoms with Gasteiger partial charge in [-0.25, -0.2) is 4.98 Å². The number of fused-ring (bicyclic) bond motifs is 1. The van der Waals surface area contributed by atoms with E-state index < -0.39 is 0 Å². The fraction of sp³-hybridized carbons (Fsp3) is 0.571. The van der Waals surface area contributed by atoms with Crippen LogP contribution in [0.3, 0.4) is 0 Å². The first-order valence-corrected chi connectivity index (χ1v) is 10.2. The van der Waals surface area contributed by atoms with E-state index in [4.69, 9.17) is 0 Å². The molecule has 0 radical (unpaired) electrons. The summed E-state index contributed by atoms with van der Waals surface area (Å²) in [5.41, 5.74) is 2.35. The minimum atomic E-state index is -0.0184. The van der Waals surface area contributed by atoms with Crippen LogP contribution in [-0.2, 0) is 4.79 Å². The number of piperidine rings is 1. The molecule has 0 atom stereocenters. The molecule has 144 valence electrons. The van der Waals surface area contributed by atoms with Crippen molar-refractivity contribution in [1.29, 1.82) is 0 Å². The number of nitrogens with zero attached hydrogens (tertiary/aromatic N) is 3. The van der Waals surface area contributed by atoms with Crippen LogP contribution in [0.5, 0.6) is 0 Å². The molecule has 3 heterocycles. The maximum absolute atomic E-state index is 12.8. The van der Waals surface area contributed by atoms with Gasteiger partial charge in [0.25, 0.3) is 5.91 Å². The van der Waals surface area contributed by atoms with Gasteiger partial charge in [0.05, 0.1) is 0 Å². The van der Waals surface area contributed by atoms with Crippen molar-refractivity contribution in [2.75, 3.05) is 13.1 Å². The molecule has 0 bridgehead atoms. The molecule has 0 spiro atoms. The van der Waals surface area contributed by atoms with Crippen molar-refractivity contribution in [3.8, 4) is 0 Å². The van der Waals surface area contributed by atoms with Gasteiger partial charge in [-0.3, -0.25) is 9.59 Å². The Balaban J connectivity index is 1.33. The first-order valence-electron chi connectivity index (χ1n) is 10.2. The zero-order valence-corrected chi connectivity index (χ0v) is 16.0. The van der Waals surface area contributed by atoms with E-state index in [-0.39, 0.29) is 23.8 Å². The molecule has 4 rings (SSSR count). The van der Waals surface area contributed by atoms with Gasteiger partial charge in [-0.1, -0.05) is 25.3 Å². The molecule has 0 unspecified atom stereocenters. The summed E-state index contributed by atoms with van der Waals surface area (Å²) in [6.07, 6.45) is 9.10. The Morgan fingerprint density at radius 1 is 1.07 bits per heavy atom. The number of amides is 2. The minimum absolute atomic E-state index is 0.0184.